The van der Waals surface area contributed by atoms with Gasteiger partial charge in [-0.25, -0.2) is 0 Å². The Morgan fingerprint density at radius 3 is 2.61 bits per heavy atom. The Kier molecular flexibility index (Phi) is 3.05. The fraction of sp³-hybridized carbons (Fsp3) is 0.280. The molecule has 2 bridgehead atoms. The van der Waals surface area contributed by atoms with Crippen molar-refractivity contribution in [3.05, 3.63) is 71.8 Å². The van der Waals surface area contributed by atoms with E-state index in [-0.39, 0.29) is 5.54 Å². The molecule has 4 heterocycles. The highest BCUT2D eigenvalue weighted by atomic mass is 16.3. The summed E-state index contributed by atoms with van der Waals surface area (Å²) in [7, 11) is 0. The van der Waals surface area contributed by atoms with E-state index in [0.29, 0.717) is 6.17 Å². The third-order valence-electron chi connectivity index (χ3n) is 6.94. The van der Waals surface area contributed by atoms with Crippen molar-refractivity contribution in [3.8, 4) is 0 Å². The lowest BCUT2D eigenvalue weighted by Gasteiger charge is -2.61. The van der Waals surface area contributed by atoms with Gasteiger partial charge in [0, 0.05) is 34.3 Å². The topological polar surface area (TPSA) is 19.6 Å². The van der Waals surface area contributed by atoms with Gasteiger partial charge in [-0.2, -0.15) is 0 Å². The van der Waals surface area contributed by atoms with Crippen molar-refractivity contribution in [1.82, 2.24) is 0 Å². The number of hydrogen-bond acceptors (Lipinski definition) is 3. The summed E-state index contributed by atoms with van der Waals surface area (Å²) in [6.07, 6.45) is 1.46. The van der Waals surface area contributed by atoms with Gasteiger partial charge in [0.25, 0.3) is 0 Å². The summed E-state index contributed by atoms with van der Waals surface area (Å²) in [6.45, 7) is 8.07. The molecule has 1 aromatic heterocycles. The van der Waals surface area contributed by atoms with Gasteiger partial charge in [0.2, 0.25) is 0 Å². The van der Waals surface area contributed by atoms with Gasteiger partial charge in [-0.1, -0.05) is 36.4 Å². The van der Waals surface area contributed by atoms with Gasteiger partial charge in [0.15, 0.2) is 0 Å². The number of nitrogens with zero attached hydrogens (tertiary/aromatic N) is 2. The van der Waals surface area contributed by atoms with Gasteiger partial charge >= 0.3 is 0 Å². The number of anilines is 2. The average molecular weight is 368 g/mol. The molecule has 4 aromatic rings. The molecular formula is C25H24N2O. The van der Waals surface area contributed by atoms with Gasteiger partial charge in [-0.3, -0.25) is 0 Å². The molecule has 0 spiro atoms. The second-order valence-electron chi connectivity index (χ2n) is 8.47. The fourth-order valence-electron chi connectivity index (χ4n) is 5.55. The number of rotatable bonds is 1. The van der Waals surface area contributed by atoms with Gasteiger partial charge in [0.05, 0.1) is 11.7 Å². The third kappa shape index (κ3) is 1.89. The highest BCUT2D eigenvalue weighted by Gasteiger charge is 2.49. The number of benzene rings is 3. The maximum absolute atomic E-state index is 6.12. The molecule has 0 aliphatic carbocycles. The third-order valence-corrected chi connectivity index (χ3v) is 6.94. The zero-order valence-corrected chi connectivity index (χ0v) is 16.6. The standard InChI is InChI=1S/C25H24N2O/c1-16-14-24-19(18-8-4-7-11-23(18)28-24)15-22(16)27-17(2)26-13-12-25(27,3)20-9-5-6-10-21(20)26/h4-11,14-15,17H,12-13H2,1-3H3/t17-,25?/m0/s1. The predicted molar refractivity (Wildman–Crippen MR) is 116 cm³/mol. The first-order chi connectivity index (χ1) is 13.6. The van der Waals surface area contributed by atoms with Crippen LogP contribution in [0.4, 0.5) is 11.4 Å². The molecule has 0 saturated carbocycles. The number of fused-ring (bicyclic) bond motifs is 5. The first-order valence-electron chi connectivity index (χ1n) is 10.2. The van der Waals surface area contributed by atoms with E-state index >= 15 is 0 Å². The minimum absolute atomic E-state index is 0.00271. The minimum atomic E-state index is 0.00271. The molecule has 3 heteroatoms. The molecule has 1 fully saturated rings. The maximum Gasteiger partial charge on any atom is 0.135 e. The SMILES string of the molecule is Cc1cc2oc3ccccc3c2cc1N1[C@@H](C)N2CCC1(C)c1ccccc12. The molecule has 3 nitrogen and oxygen atoms in total. The first-order valence-corrected chi connectivity index (χ1v) is 10.2. The van der Waals surface area contributed by atoms with Gasteiger partial charge in [-0.15, -0.1) is 0 Å². The zero-order chi connectivity index (χ0) is 19.0. The van der Waals surface area contributed by atoms with Crippen LogP contribution < -0.4 is 9.80 Å². The van der Waals surface area contributed by atoms with Crippen LogP contribution in [0, 0.1) is 6.92 Å². The van der Waals surface area contributed by atoms with Crippen LogP contribution in [0.1, 0.15) is 31.4 Å². The van der Waals surface area contributed by atoms with Crippen LogP contribution in [0.25, 0.3) is 21.9 Å². The smallest absolute Gasteiger partial charge is 0.135 e. The van der Waals surface area contributed by atoms with E-state index in [1.807, 2.05) is 6.07 Å². The van der Waals surface area contributed by atoms with Crippen molar-refractivity contribution in [1.29, 1.82) is 0 Å². The van der Waals surface area contributed by atoms with Crippen LogP contribution in [0.5, 0.6) is 0 Å². The molecule has 3 aromatic carbocycles. The fourth-order valence-corrected chi connectivity index (χ4v) is 5.55. The summed E-state index contributed by atoms with van der Waals surface area (Å²) in [5, 5.41) is 2.40. The number of furan rings is 1. The van der Waals surface area contributed by atoms with Gasteiger partial charge < -0.3 is 14.2 Å². The van der Waals surface area contributed by atoms with Crippen molar-refractivity contribution in [2.24, 2.45) is 0 Å². The van der Waals surface area contributed by atoms with E-state index in [4.69, 9.17) is 4.42 Å². The van der Waals surface area contributed by atoms with E-state index in [1.54, 1.807) is 0 Å². The summed E-state index contributed by atoms with van der Waals surface area (Å²) in [6, 6.07) is 21.8. The van der Waals surface area contributed by atoms with Crippen LogP contribution >= 0.6 is 0 Å². The summed E-state index contributed by atoms with van der Waals surface area (Å²) in [5.74, 6) is 0. The molecule has 7 rings (SSSR count). The highest BCUT2D eigenvalue weighted by Crippen LogP contribution is 2.52. The Bertz CT molecular complexity index is 1240. The van der Waals surface area contributed by atoms with Crippen LogP contribution in [-0.2, 0) is 5.54 Å². The number of hydrogen-bond donors (Lipinski definition) is 0. The zero-order valence-electron chi connectivity index (χ0n) is 16.6. The summed E-state index contributed by atoms with van der Waals surface area (Å²) in [4.78, 5) is 5.19. The Labute approximate surface area is 165 Å². The summed E-state index contributed by atoms with van der Waals surface area (Å²) in [5.41, 5.74) is 7.36. The molecule has 0 amide bonds. The molecule has 0 radical (unpaired) electrons. The minimum Gasteiger partial charge on any atom is -0.456 e. The lowest BCUT2D eigenvalue weighted by molar-refractivity contribution is 0.294. The monoisotopic (exact) mass is 368 g/mol. The molecule has 1 unspecified atom stereocenters. The molecule has 2 atom stereocenters. The quantitative estimate of drug-likeness (QED) is 0.400. The lowest BCUT2D eigenvalue weighted by atomic mass is 9.77. The predicted octanol–water partition coefficient (Wildman–Crippen LogP) is 6.19. The van der Waals surface area contributed by atoms with Crippen molar-refractivity contribution in [2.45, 2.75) is 38.9 Å². The second kappa shape index (κ2) is 5.32. The second-order valence-corrected chi connectivity index (χ2v) is 8.47. The molecule has 3 aliphatic rings. The Morgan fingerprint density at radius 1 is 0.929 bits per heavy atom. The Balaban J connectivity index is 1.61. The molecule has 3 aliphatic heterocycles. The van der Waals surface area contributed by atoms with Gasteiger partial charge in [0.1, 0.15) is 11.2 Å². The number of aryl methyl sites for hydroxylation is 1. The number of para-hydroxylation sites is 2. The van der Waals surface area contributed by atoms with Crippen molar-refractivity contribution < 1.29 is 4.42 Å². The molecular weight excluding hydrogens is 344 g/mol. The highest BCUT2D eigenvalue weighted by molar-refractivity contribution is 6.06. The average Bonchev–Trinajstić information content (AvgIpc) is 3.05. The van der Waals surface area contributed by atoms with Gasteiger partial charge in [-0.05, 0) is 57.0 Å². The molecule has 0 N–H and O–H groups in total. The maximum atomic E-state index is 6.12. The Morgan fingerprint density at radius 2 is 1.71 bits per heavy atom. The summed E-state index contributed by atoms with van der Waals surface area (Å²) < 4.78 is 6.12. The largest absolute Gasteiger partial charge is 0.456 e. The van der Waals surface area contributed by atoms with Crippen LogP contribution in [0.2, 0.25) is 0 Å². The van der Waals surface area contributed by atoms with Crippen LogP contribution in [0.15, 0.2) is 65.1 Å². The lowest BCUT2D eigenvalue weighted by Crippen LogP contribution is -2.66. The van der Waals surface area contributed by atoms with Crippen LogP contribution in [0.3, 0.4) is 0 Å². The molecule has 28 heavy (non-hydrogen) atoms. The van der Waals surface area contributed by atoms with Crippen LogP contribution in [-0.4, -0.2) is 12.7 Å². The van der Waals surface area contributed by atoms with Crippen molar-refractivity contribution >= 4 is 33.3 Å². The van der Waals surface area contributed by atoms with Crippen molar-refractivity contribution in [2.75, 3.05) is 16.3 Å². The van der Waals surface area contributed by atoms with E-state index in [2.05, 4.69) is 85.2 Å². The Hall–Kier alpha value is -2.94. The van der Waals surface area contributed by atoms with E-state index in [0.717, 1.165) is 24.1 Å². The van der Waals surface area contributed by atoms with E-state index in [1.165, 1.54) is 33.3 Å². The summed E-state index contributed by atoms with van der Waals surface area (Å²) >= 11 is 0. The van der Waals surface area contributed by atoms with E-state index in [9.17, 15) is 0 Å². The van der Waals surface area contributed by atoms with E-state index < -0.39 is 0 Å². The van der Waals surface area contributed by atoms with Crippen molar-refractivity contribution in [3.63, 3.8) is 0 Å². The molecule has 140 valence electrons. The molecule has 1 saturated heterocycles. The normalized spacial score (nSPS) is 23.6. The first kappa shape index (κ1) is 16.1.